The Kier molecular flexibility index (Phi) is 1.37. The van der Waals surface area contributed by atoms with E-state index in [4.69, 9.17) is 5.73 Å². The summed E-state index contributed by atoms with van der Waals surface area (Å²) in [6, 6.07) is 0.639. The fraction of sp³-hybridized carbons (Fsp3) is 0.400. The van der Waals surface area contributed by atoms with Crippen LogP contribution in [0.25, 0.3) is 11.0 Å². The fourth-order valence-electron chi connectivity index (χ4n) is 1.93. The van der Waals surface area contributed by atoms with Crippen LogP contribution in [0, 0.1) is 6.92 Å². The van der Waals surface area contributed by atoms with Gasteiger partial charge >= 0.3 is 0 Å². The van der Waals surface area contributed by atoms with Crippen molar-refractivity contribution in [1.29, 1.82) is 0 Å². The Hall–Kier alpha value is -1.58. The van der Waals surface area contributed by atoms with Crippen molar-refractivity contribution in [2.45, 2.75) is 25.8 Å². The SMILES string of the molecule is Cc1cn(C2CC2)c2ncnc(N)c12. The Morgan fingerprint density at radius 1 is 1.43 bits per heavy atom. The van der Waals surface area contributed by atoms with Crippen LogP contribution < -0.4 is 5.73 Å². The number of rotatable bonds is 1. The molecule has 1 aliphatic carbocycles. The molecule has 0 spiro atoms. The fourth-order valence-corrected chi connectivity index (χ4v) is 1.93. The molecule has 2 heterocycles. The minimum Gasteiger partial charge on any atom is -0.383 e. The van der Waals surface area contributed by atoms with Crippen molar-refractivity contribution in [1.82, 2.24) is 14.5 Å². The average molecular weight is 188 g/mol. The zero-order valence-corrected chi connectivity index (χ0v) is 8.07. The smallest absolute Gasteiger partial charge is 0.145 e. The van der Waals surface area contributed by atoms with Crippen molar-refractivity contribution < 1.29 is 0 Å². The van der Waals surface area contributed by atoms with Crippen molar-refractivity contribution >= 4 is 16.9 Å². The van der Waals surface area contributed by atoms with Crippen LogP contribution in [0.5, 0.6) is 0 Å². The van der Waals surface area contributed by atoms with Gasteiger partial charge in [0.1, 0.15) is 17.8 Å². The van der Waals surface area contributed by atoms with Crippen molar-refractivity contribution in [3.63, 3.8) is 0 Å². The number of hydrogen-bond donors (Lipinski definition) is 1. The molecule has 2 aromatic heterocycles. The Morgan fingerprint density at radius 3 is 2.93 bits per heavy atom. The second-order valence-electron chi connectivity index (χ2n) is 3.91. The van der Waals surface area contributed by atoms with Gasteiger partial charge in [-0.1, -0.05) is 0 Å². The van der Waals surface area contributed by atoms with Crippen molar-refractivity contribution in [2.75, 3.05) is 5.73 Å². The van der Waals surface area contributed by atoms with Crippen molar-refractivity contribution in [3.8, 4) is 0 Å². The van der Waals surface area contributed by atoms with E-state index in [9.17, 15) is 0 Å². The number of nitrogen functional groups attached to an aromatic ring is 1. The van der Waals surface area contributed by atoms with Gasteiger partial charge in [0.05, 0.1) is 5.39 Å². The Bertz CT molecular complexity index is 496. The third-order valence-electron chi connectivity index (χ3n) is 2.77. The summed E-state index contributed by atoms with van der Waals surface area (Å²) in [6.07, 6.45) is 6.18. The van der Waals surface area contributed by atoms with Crippen molar-refractivity contribution in [3.05, 3.63) is 18.1 Å². The van der Waals surface area contributed by atoms with Gasteiger partial charge in [0, 0.05) is 12.2 Å². The summed E-state index contributed by atoms with van der Waals surface area (Å²) in [5, 5.41) is 1.01. The summed E-state index contributed by atoms with van der Waals surface area (Å²) in [4.78, 5) is 8.31. The molecule has 3 rings (SSSR count). The highest BCUT2D eigenvalue weighted by Crippen LogP contribution is 2.38. The quantitative estimate of drug-likeness (QED) is 0.740. The standard InChI is InChI=1S/C10H12N4/c1-6-4-14(7-2-3-7)10-8(6)9(11)12-5-13-10/h4-5,7H,2-3H2,1H3,(H2,11,12,13). The highest BCUT2D eigenvalue weighted by molar-refractivity contribution is 5.89. The van der Waals surface area contributed by atoms with Gasteiger partial charge in [0.2, 0.25) is 0 Å². The van der Waals surface area contributed by atoms with Crippen LogP contribution in [0.1, 0.15) is 24.4 Å². The summed E-state index contributed by atoms with van der Waals surface area (Å²) in [5.74, 6) is 0.590. The zero-order valence-electron chi connectivity index (χ0n) is 8.07. The molecule has 0 unspecified atom stereocenters. The number of fused-ring (bicyclic) bond motifs is 1. The summed E-state index contributed by atoms with van der Waals surface area (Å²) in [5.41, 5.74) is 7.98. The summed E-state index contributed by atoms with van der Waals surface area (Å²) in [6.45, 7) is 2.06. The molecule has 0 amide bonds. The first-order valence-electron chi connectivity index (χ1n) is 4.85. The van der Waals surface area contributed by atoms with Gasteiger partial charge in [0.25, 0.3) is 0 Å². The van der Waals surface area contributed by atoms with E-state index in [1.807, 2.05) is 0 Å². The normalized spacial score (nSPS) is 16.4. The first-order valence-corrected chi connectivity index (χ1v) is 4.85. The van der Waals surface area contributed by atoms with Gasteiger partial charge in [-0.2, -0.15) is 0 Å². The molecule has 1 aliphatic rings. The molecule has 0 saturated heterocycles. The van der Waals surface area contributed by atoms with Gasteiger partial charge in [-0.25, -0.2) is 9.97 Å². The van der Waals surface area contributed by atoms with E-state index in [0.717, 1.165) is 11.0 Å². The number of aryl methyl sites for hydroxylation is 1. The van der Waals surface area contributed by atoms with E-state index in [-0.39, 0.29) is 0 Å². The second kappa shape index (κ2) is 2.47. The molecule has 2 aromatic rings. The maximum Gasteiger partial charge on any atom is 0.145 e. The van der Waals surface area contributed by atoms with E-state index in [0.29, 0.717) is 11.9 Å². The van der Waals surface area contributed by atoms with Crippen LogP contribution in [-0.4, -0.2) is 14.5 Å². The Labute approximate surface area is 81.8 Å². The van der Waals surface area contributed by atoms with E-state index < -0.39 is 0 Å². The zero-order chi connectivity index (χ0) is 9.71. The molecule has 0 bridgehead atoms. The van der Waals surface area contributed by atoms with E-state index in [2.05, 4.69) is 27.7 Å². The maximum absolute atomic E-state index is 5.83. The van der Waals surface area contributed by atoms with Crippen LogP contribution in [0.4, 0.5) is 5.82 Å². The monoisotopic (exact) mass is 188 g/mol. The highest BCUT2D eigenvalue weighted by Gasteiger charge is 2.26. The molecule has 72 valence electrons. The minimum absolute atomic E-state index is 0.590. The first kappa shape index (κ1) is 7.79. The third kappa shape index (κ3) is 0.937. The molecular weight excluding hydrogens is 176 g/mol. The maximum atomic E-state index is 5.83. The number of aromatic nitrogens is 3. The molecule has 0 aromatic carbocycles. The molecule has 4 nitrogen and oxygen atoms in total. The lowest BCUT2D eigenvalue weighted by Gasteiger charge is -2.00. The van der Waals surface area contributed by atoms with Crippen molar-refractivity contribution in [2.24, 2.45) is 0 Å². The highest BCUT2D eigenvalue weighted by atomic mass is 15.1. The number of nitrogens with zero attached hydrogens (tertiary/aromatic N) is 3. The average Bonchev–Trinajstić information content (AvgIpc) is 2.93. The van der Waals surface area contributed by atoms with Gasteiger partial charge in [0.15, 0.2) is 0 Å². The lowest BCUT2D eigenvalue weighted by molar-refractivity contribution is 0.763. The van der Waals surface area contributed by atoms with Gasteiger partial charge in [-0.05, 0) is 25.3 Å². The summed E-state index contributed by atoms with van der Waals surface area (Å²) < 4.78 is 2.22. The Morgan fingerprint density at radius 2 is 2.21 bits per heavy atom. The third-order valence-corrected chi connectivity index (χ3v) is 2.77. The Balaban J connectivity index is 2.37. The van der Waals surface area contributed by atoms with Crippen LogP contribution in [0.15, 0.2) is 12.5 Å². The molecule has 0 aliphatic heterocycles. The largest absolute Gasteiger partial charge is 0.383 e. The summed E-state index contributed by atoms with van der Waals surface area (Å²) >= 11 is 0. The lowest BCUT2D eigenvalue weighted by Crippen LogP contribution is -1.96. The number of nitrogens with two attached hydrogens (primary N) is 1. The number of hydrogen-bond acceptors (Lipinski definition) is 3. The van der Waals surface area contributed by atoms with Crippen LogP contribution in [-0.2, 0) is 0 Å². The van der Waals surface area contributed by atoms with Gasteiger partial charge < -0.3 is 10.3 Å². The topological polar surface area (TPSA) is 56.7 Å². The predicted octanol–water partition coefficient (Wildman–Crippen LogP) is 1.66. The van der Waals surface area contributed by atoms with Crippen LogP contribution >= 0.6 is 0 Å². The van der Waals surface area contributed by atoms with Crippen LogP contribution in [0.2, 0.25) is 0 Å². The number of anilines is 1. The molecule has 2 N–H and O–H groups in total. The van der Waals surface area contributed by atoms with Crippen LogP contribution in [0.3, 0.4) is 0 Å². The van der Waals surface area contributed by atoms with E-state index in [1.165, 1.54) is 24.7 Å². The predicted molar refractivity (Wildman–Crippen MR) is 54.9 cm³/mol. The molecule has 0 radical (unpaired) electrons. The summed E-state index contributed by atoms with van der Waals surface area (Å²) in [7, 11) is 0. The van der Waals surface area contributed by atoms with Gasteiger partial charge in [-0.15, -0.1) is 0 Å². The second-order valence-corrected chi connectivity index (χ2v) is 3.91. The molecule has 1 saturated carbocycles. The first-order chi connectivity index (χ1) is 6.77. The van der Waals surface area contributed by atoms with E-state index >= 15 is 0 Å². The lowest BCUT2D eigenvalue weighted by atomic mass is 10.2. The molecule has 0 atom stereocenters. The van der Waals surface area contributed by atoms with Gasteiger partial charge in [-0.3, -0.25) is 0 Å². The minimum atomic E-state index is 0.590. The molecular formula is C10H12N4. The molecule has 4 heteroatoms. The molecule has 1 fully saturated rings. The molecule has 14 heavy (non-hydrogen) atoms. The van der Waals surface area contributed by atoms with E-state index in [1.54, 1.807) is 0 Å².